The molecule has 0 bridgehead atoms. The van der Waals surface area contributed by atoms with Crippen LogP contribution in [0.2, 0.25) is 5.02 Å². The van der Waals surface area contributed by atoms with Gasteiger partial charge in [0, 0.05) is 29.1 Å². The van der Waals surface area contributed by atoms with Crippen molar-refractivity contribution in [2.24, 2.45) is 0 Å². The smallest absolute Gasteiger partial charge is 0.294 e. The molecule has 7 rings (SSSR count). The maximum Gasteiger partial charge on any atom is 0.294 e. The molecule has 6 aromatic rings. The zero-order valence-corrected chi connectivity index (χ0v) is 23.9. The molecule has 0 N–H and O–H groups in total. The monoisotopic (exact) mass is 594 g/mol. The van der Waals surface area contributed by atoms with Crippen LogP contribution in [-0.2, 0) is 16.8 Å². The van der Waals surface area contributed by atoms with Crippen molar-refractivity contribution < 1.29 is 23.4 Å². The molecular formula is C28H23ClN4O5S2. The van der Waals surface area contributed by atoms with Crippen LogP contribution in [0.15, 0.2) is 58.5 Å². The molecule has 9 nitrogen and oxygen atoms in total. The normalized spacial score (nSPS) is 17.2. The summed E-state index contributed by atoms with van der Waals surface area (Å²) in [5.41, 5.74) is 2.98. The second kappa shape index (κ2) is 10.1. The number of thiazole rings is 1. The van der Waals surface area contributed by atoms with Crippen LogP contribution in [0.1, 0.15) is 22.7 Å². The van der Waals surface area contributed by atoms with Gasteiger partial charge in [0.1, 0.15) is 34.4 Å². The Morgan fingerprint density at radius 2 is 2.08 bits per heavy atom. The van der Waals surface area contributed by atoms with E-state index in [1.165, 1.54) is 11.3 Å². The van der Waals surface area contributed by atoms with Crippen molar-refractivity contribution in [2.75, 3.05) is 27.4 Å². The lowest BCUT2D eigenvalue weighted by molar-refractivity contribution is 0.184. The molecule has 2 aromatic carbocycles. The molecule has 0 radical (unpaired) electrons. The summed E-state index contributed by atoms with van der Waals surface area (Å²) in [5.74, 6) is 1.86. The summed E-state index contributed by atoms with van der Waals surface area (Å²) in [6.07, 6.45) is 2.58. The fourth-order valence-electron chi connectivity index (χ4n) is 4.99. The molecular weight excluding hydrogens is 572 g/mol. The first-order valence-electron chi connectivity index (χ1n) is 12.5. The van der Waals surface area contributed by atoms with Crippen LogP contribution in [0.5, 0.6) is 16.7 Å². The van der Waals surface area contributed by atoms with Crippen LogP contribution in [-0.4, -0.2) is 47.0 Å². The molecule has 12 heteroatoms. The predicted molar refractivity (Wildman–Crippen MR) is 153 cm³/mol. The van der Waals surface area contributed by atoms with Gasteiger partial charge in [0.2, 0.25) is 4.96 Å². The second-order valence-electron chi connectivity index (χ2n) is 9.39. The summed E-state index contributed by atoms with van der Waals surface area (Å²) in [5, 5.41) is 9.52. The molecule has 0 saturated carbocycles. The fourth-order valence-corrected chi connectivity index (χ4v) is 6.91. The molecule has 5 heterocycles. The number of furan rings is 1. The summed E-state index contributed by atoms with van der Waals surface area (Å²) in [7, 11) is 3.20. The third kappa shape index (κ3) is 4.29. The second-order valence-corrected chi connectivity index (χ2v) is 11.6. The molecule has 204 valence electrons. The molecule has 0 amide bonds. The van der Waals surface area contributed by atoms with Crippen molar-refractivity contribution in [3.05, 3.63) is 75.3 Å². The van der Waals surface area contributed by atoms with Gasteiger partial charge in [-0.2, -0.15) is 4.52 Å². The van der Waals surface area contributed by atoms with E-state index in [4.69, 9.17) is 39.9 Å². The number of hydrogen-bond donors (Lipinski definition) is 0. The molecule has 1 atom stereocenters. The van der Waals surface area contributed by atoms with Crippen LogP contribution in [0.4, 0.5) is 0 Å². The molecule has 1 aliphatic heterocycles. The lowest BCUT2D eigenvalue weighted by Gasteiger charge is -2.25. The third-order valence-electron chi connectivity index (χ3n) is 7.04. The highest BCUT2D eigenvalue weighted by Gasteiger charge is 2.41. The minimum Gasteiger partial charge on any atom is -0.496 e. The number of benzene rings is 2. The van der Waals surface area contributed by atoms with E-state index >= 15 is 0 Å². The number of imidazole rings is 1. The number of fused-ring (bicyclic) bond motifs is 2. The number of aromatic nitrogens is 4. The van der Waals surface area contributed by atoms with Gasteiger partial charge in [0.15, 0.2) is 5.76 Å². The van der Waals surface area contributed by atoms with Gasteiger partial charge in [0.25, 0.3) is 5.19 Å². The van der Waals surface area contributed by atoms with Gasteiger partial charge in [-0.15, -0.1) is 16.4 Å². The number of rotatable bonds is 8. The van der Waals surface area contributed by atoms with Crippen molar-refractivity contribution in [2.45, 2.75) is 18.4 Å². The van der Waals surface area contributed by atoms with E-state index in [9.17, 15) is 0 Å². The number of ether oxygens (including phenoxy) is 4. The van der Waals surface area contributed by atoms with E-state index < -0.39 is 0 Å². The van der Waals surface area contributed by atoms with E-state index in [1.807, 2.05) is 41.8 Å². The highest BCUT2D eigenvalue weighted by Crippen LogP contribution is 2.42. The van der Waals surface area contributed by atoms with Gasteiger partial charge in [-0.1, -0.05) is 23.7 Å². The average molecular weight is 595 g/mol. The Bertz CT molecular complexity index is 1830. The molecule has 1 unspecified atom stereocenters. The van der Waals surface area contributed by atoms with E-state index in [1.54, 1.807) is 36.3 Å². The van der Waals surface area contributed by atoms with Gasteiger partial charge in [0.05, 0.1) is 43.5 Å². The predicted octanol–water partition coefficient (Wildman–Crippen LogP) is 6.62. The first kappa shape index (κ1) is 25.3. The Balaban J connectivity index is 1.19. The summed E-state index contributed by atoms with van der Waals surface area (Å²) < 4.78 is 30.9. The van der Waals surface area contributed by atoms with Crippen LogP contribution in [0, 0.1) is 0 Å². The molecule has 1 saturated heterocycles. The van der Waals surface area contributed by atoms with Crippen LogP contribution in [0.3, 0.4) is 0 Å². The van der Waals surface area contributed by atoms with Crippen molar-refractivity contribution >= 4 is 50.2 Å². The van der Waals surface area contributed by atoms with E-state index in [-0.39, 0.29) is 12.0 Å². The maximum absolute atomic E-state index is 6.33. The summed E-state index contributed by atoms with van der Waals surface area (Å²) >= 11 is 9.30. The van der Waals surface area contributed by atoms with Crippen LogP contribution >= 0.6 is 34.3 Å². The average Bonchev–Trinajstić information content (AvgIpc) is 3.79. The van der Waals surface area contributed by atoms with Crippen molar-refractivity contribution in [1.82, 2.24) is 19.6 Å². The number of nitrogens with zero attached hydrogens (tertiary/aromatic N) is 4. The molecule has 4 aromatic heterocycles. The lowest BCUT2D eigenvalue weighted by atomic mass is 9.80. The topological polar surface area (TPSA) is 93.1 Å². The van der Waals surface area contributed by atoms with Crippen molar-refractivity contribution in [1.29, 1.82) is 0 Å². The number of hydrogen-bond acceptors (Lipinski definition) is 10. The number of halogens is 1. The van der Waals surface area contributed by atoms with Gasteiger partial charge >= 0.3 is 0 Å². The van der Waals surface area contributed by atoms with Gasteiger partial charge in [-0.05, 0) is 41.5 Å². The minimum absolute atomic E-state index is 0.284. The molecule has 1 fully saturated rings. The summed E-state index contributed by atoms with van der Waals surface area (Å²) in [4.78, 5) is 10.1. The van der Waals surface area contributed by atoms with Crippen LogP contribution < -0.4 is 14.2 Å². The Morgan fingerprint density at radius 3 is 2.88 bits per heavy atom. The highest BCUT2D eigenvalue weighted by molar-refractivity contribution is 7.18. The molecule has 0 aliphatic carbocycles. The highest BCUT2D eigenvalue weighted by atomic mass is 35.5. The number of methoxy groups -OCH3 is 2. The van der Waals surface area contributed by atoms with Gasteiger partial charge < -0.3 is 23.4 Å². The zero-order chi connectivity index (χ0) is 27.3. The van der Waals surface area contributed by atoms with Gasteiger partial charge in [-0.25, -0.2) is 9.97 Å². The molecule has 40 heavy (non-hydrogen) atoms. The SMILES string of the molecule is COc1cc(OCc2csc(C3(c4cccc(Cl)c4)CCOC3)n2)c2cc(-c3cnc4sc(OC)nn34)oc2c1. The summed E-state index contributed by atoms with van der Waals surface area (Å²) in [6, 6.07) is 13.6. The van der Waals surface area contributed by atoms with Crippen molar-refractivity contribution in [3.63, 3.8) is 0 Å². The zero-order valence-electron chi connectivity index (χ0n) is 21.5. The van der Waals surface area contributed by atoms with Crippen LogP contribution in [0.25, 0.3) is 27.4 Å². The Kier molecular flexibility index (Phi) is 6.38. The minimum atomic E-state index is -0.314. The maximum atomic E-state index is 6.33. The lowest BCUT2D eigenvalue weighted by Crippen LogP contribution is -2.28. The molecule has 0 spiro atoms. The van der Waals surface area contributed by atoms with E-state index in [0.29, 0.717) is 56.9 Å². The van der Waals surface area contributed by atoms with Crippen molar-refractivity contribution in [3.8, 4) is 28.1 Å². The molecule has 1 aliphatic rings. The first-order valence-corrected chi connectivity index (χ1v) is 14.6. The summed E-state index contributed by atoms with van der Waals surface area (Å²) in [6.45, 7) is 1.54. The first-order chi connectivity index (χ1) is 19.6. The fraction of sp³-hybridized carbons (Fsp3) is 0.250. The Morgan fingerprint density at radius 1 is 1.15 bits per heavy atom. The quantitative estimate of drug-likeness (QED) is 0.194. The van der Waals surface area contributed by atoms with E-state index in [2.05, 4.69) is 16.1 Å². The standard InChI is InChI=1S/C28H23ClN4O5S2/c1-34-19-9-22(20-11-24(38-23(20)10-19)21-12-30-26-33(21)32-27(35-2)40-26)37-13-18-14-39-25(31-18)28(6-7-36-15-28)16-4-3-5-17(29)8-16/h3-5,8-12,14H,6-7,13,15H2,1-2H3. The largest absolute Gasteiger partial charge is 0.496 e. The van der Waals surface area contributed by atoms with E-state index in [0.717, 1.165) is 28.1 Å². The Labute approximate surface area is 241 Å². The third-order valence-corrected chi connectivity index (χ3v) is 9.25. The Hall–Kier alpha value is -3.64. The van der Waals surface area contributed by atoms with Gasteiger partial charge in [-0.3, -0.25) is 0 Å².